The Morgan fingerprint density at radius 3 is 2.14 bits per heavy atom. The smallest absolute Gasteiger partial charge is 0.125 e. The van der Waals surface area contributed by atoms with Gasteiger partial charge in [0, 0.05) is 6.54 Å². The Morgan fingerprint density at radius 2 is 1.62 bits per heavy atom. The second-order valence-corrected chi connectivity index (χ2v) is 6.35. The van der Waals surface area contributed by atoms with E-state index in [2.05, 4.69) is 45.1 Å². The highest BCUT2D eigenvalue weighted by Crippen LogP contribution is 2.24. The highest BCUT2D eigenvalue weighted by Gasteiger charge is 2.07. The SMILES string of the molecule is Cc1cc(CNCC(C)C)cc(C)c1OCCOC(C)C. The molecule has 1 aromatic carbocycles. The fourth-order valence-corrected chi connectivity index (χ4v) is 2.30. The minimum Gasteiger partial charge on any atom is -0.491 e. The highest BCUT2D eigenvalue weighted by molar-refractivity contribution is 5.43. The van der Waals surface area contributed by atoms with Crippen molar-refractivity contribution in [1.29, 1.82) is 0 Å². The standard InChI is InChI=1S/C18H31NO2/c1-13(2)11-19-12-17-9-15(5)18(16(6)10-17)21-8-7-20-14(3)4/h9-10,13-14,19H,7-8,11-12H2,1-6H3. The monoisotopic (exact) mass is 293 g/mol. The van der Waals surface area contributed by atoms with Crippen molar-refractivity contribution in [3.63, 3.8) is 0 Å². The molecular weight excluding hydrogens is 262 g/mol. The van der Waals surface area contributed by atoms with E-state index in [1.807, 2.05) is 13.8 Å². The van der Waals surface area contributed by atoms with E-state index >= 15 is 0 Å². The molecule has 1 N–H and O–H groups in total. The quantitative estimate of drug-likeness (QED) is 0.701. The molecule has 0 saturated heterocycles. The van der Waals surface area contributed by atoms with Gasteiger partial charge in [-0.25, -0.2) is 0 Å². The van der Waals surface area contributed by atoms with Crippen LogP contribution >= 0.6 is 0 Å². The van der Waals surface area contributed by atoms with Gasteiger partial charge in [-0.05, 0) is 56.8 Å². The molecule has 0 bridgehead atoms. The highest BCUT2D eigenvalue weighted by atomic mass is 16.5. The number of hydrogen-bond donors (Lipinski definition) is 1. The molecule has 0 aromatic heterocycles. The van der Waals surface area contributed by atoms with Crippen LogP contribution in [0.1, 0.15) is 44.4 Å². The van der Waals surface area contributed by atoms with Crippen LogP contribution in [0.2, 0.25) is 0 Å². The molecule has 1 rings (SSSR count). The zero-order chi connectivity index (χ0) is 15.8. The first kappa shape index (κ1) is 18.0. The fourth-order valence-electron chi connectivity index (χ4n) is 2.30. The van der Waals surface area contributed by atoms with Crippen molar-refractivity contribution >= 4 is 0 Å². The van der Waals surface area contributed by atoms with Gasteiger partial charge in [-0.3, -0.25) is 0 Å². The topological polar surface area (TPSA) is 30.5 Å². The van der Waals surface area contributed by atoms with Gasteiger partial charge in [-0.2, -0.15) is 0 Å². The molecule has 0 saturated carbocycles. The van der Waals surface area contributed by atoms with Crippen LogP contribution in [0.4, 0.5) is 0 Å². The van der Waals surface area contributed by atoms with Crippen molar-refractivity contribution in [2.24, 2.45) is 5.92 Å². The van der Waals surface area contributed by atoms with Crippen molar-refractivity contribution < 1.29 is 9.47 Å². The van der Waals surface area contributed by atoms with E-state index in [1.54, 1.807) is 0 Å². The van der Waals surface area contributed by atoms with Crippen LogP contribution in [0, 0.1) is 19.8 Å². The second-order valence-electron chi connectivity index (χ2n) is 6.35. The normalized spacial score (nSPS) is 11.4. The fraction of sp³-hybridized carbons (Fsp3) is 0.667. The Hall–Kier alpha value is -1.06. The van der Waals surface area contributed by atoms with Gasteiger partial charge in [-0.15, -0.1) is 0 Å². The molecule has 0 atom stereocenters. The molecule has 0 aliphatic rings. The van der Waals surface area contributed by atoms with Crippen molar-refractivity contribution in [1.82, 2.24) is 5.32 Å². The molecule has 0 aliphatic carbocycles. The van der Waals surface area contributed by atoms with E-state index in [9.17, 15) is 0 Å². The summed E-state index contributed by atoms with van der Waals surface area (Å²) >= 11 is 0. The van der Waals surface area contributed by atoms with Gasteiger partial charge < -0.3 is 14.8 Å². The first-order valence-corrected chi connectivity index (χ1v) is 7.95. The second kappa shape index (κ2) is 9.06. The van der Waals surface area contributed by atoms with Crippen LogP contribution in [-0.2, 0) is 11.3 Å². The number of hydrogen-bond acceptors (Lipinski definition) is 3. The maximum atomic E-state index is 5.87. The lowest BCUT2D eigenvalue weighted by molar-refractivity contribution is 0.0550. The summed E-state index contributed by atoms with van der Waals surface area (Å²) in [6.45, 7) is 15.9. The van der Waals surface area contributed by atoms with E-state index in [0.29, 0.717) is 19.1 Å². The molecule has 1 aromatic rings. The average molecular weight is 293 g/mol. The Kier molecular flexibility index (Phi) is 7.76. The zero-order valence-electron chi connectivity index (χ0n) is 14.5. The van der Waals surface area contributed by atoms with Crippen LogP contribution in [-0.4, -0.2) is 25.9 Å². The molecule has 21 heavy (non-hydrogen) atoms. The first-order valence-electron chi connectivity index (χ1n) is 7.95. The molecule has 0 heterocycles. The summed E-state index contributed by atoms with van der Waals surface area (Å²) < 4.78 is 11.4. The largest absolute Gasteiger partial charge is 0.491 e. The molecule has 3 heteroatoms. The third-order valence-corrected chi connectivity index (χ3v) is 3.18. The summed E-state index contributed by atoms with van der Waals surface area (Å²) in [5, 5.41) is 3.48. The summed E-state index contributed by atoms with van der Waals surface area (Å²) in [7, 11) is 0. The summed E-state index contributed by atoms with van der Waals surface area (Å²) in [4.78, 5) is 0. The van der Waals surface area contributed by atoms with Gasteiger partial charge in [0.15, 0.2) is 0 Å². The lowest BCUT2D eigenvalue weighted by atomic mass is 10.1. The molecule has 0 unspecified atom stereocenters. The van der Waals surface area contributed by atoms with Gasteiger partial charge >= 0.3 is 0 Å². The Balaban J connectivity index is 2.54. The molecule has 0 fully saturated rings. The predicted molar refractivity (Wildman–Crippen MR) is 89.0 cm³/mol. The first-order chi connectivity index (χ1) is 9.90. The Bertz CT molecular complexity index is 404. The third kappa shape index (κ3) is 6.96. The van der Waals surface area contributed by atoms with E-state index in [-0.39, 0.29) is 6.10 Å². The van der Waals surface area contributed by atoms with Crippen LogP contribution in [0.5, 0.6) is 5.75 Å². The molecule has 0 radical (unpaired) electrons. The van der Waals surface area contributed by atoms with Gasteiger partial charge in [0.2, 0.25) is 0 Å². The van der Waals surface area contributed by atoms with Crippen molar-refractivity contribution in [3.8, 4) is 5.75 Å². The van der Waals surface area contributed by atoms with Gasteiger partial charge in [0.25, 0.3) is 0 Å². The molecule has 3 nitrogen and oxygen atoms in total. The lowest BCUT2D eigenvalue weighted by Gasteiger charge is -2.15. The predicted octanol–water partition coefficient (Wildman–Crippen LogP) is 3.85. The van der Waals surface area contributed by atoms with Crippen LogP contribution in [0.25, 0.3) is 0 Å². The Labute approximate surface area is 130 Å². The Morgan fingerprint density at radius 1 is 1.00 bits per heavy atom. The average Bonchev–Trinajstić information content (AvgIpc) is 2.36. The van der Waals surface area contributed by atoms with Gasteiger partial charge in [0.1, 0.15) is 12.4 Å². The van der Waals surface area contributed by atoms with Crippen molar-refractivity contribution in [2.45, 2.75) is 54.2 Å². The maximum Gasteiger partial charge on any atom is 0.125 e. The number of benzene rings is 1. The zero-order valence-corrected chi connectivity index (χ0v) is 14.5. The van der Waals surface area contributed by atoms with Crippen molar-refractivity contribution in [2.75, 3.05) is 19.8 Å². The number of aryl methyl sites for hydroxylation is 2. The minimum absolute atomic E-state index is 0.255. The summed E-state index contributed by atoms with van der Waals surface area (Å²) in [5.74, 6) is 1.67. The third-order valence-electron chi connectivity index (χ3n) is 3.18. The van der Waals surface area contributed by atoms with Crippen molar-refractivity contribution in [3.05, 3.63) is 28.8 Å². The minimum atomic E-state index is 0.255. The number of ether oxygens (including phenoxy) is 2. The van der Waals surface area contributed by atoms with Crippen LogP contribution in [0.3, 0.4) is 0 Å². The van der Waals surface area contributed by atoms with Crippen LogP contribution < -0.4 is 10.1 Å². The number of rotatable bonds is 9. The maximum absolute atomic E-state index is 5.87. The molecule has 0 amide bonds. The van der Waals surface area contributed by atoms with E-state index in [1.165, 1.54) is 16.7 Å². The summed E-state index contributed by atoms with van der Waals surface area (Å²) in [6.07, 6.45) is 0.255. The summed E-state index contributed by atoms with van der Waals surface area (Å²) in [6, 6.07) is 4.41. The van der Waals surface area contributed by atoms with Crippen LogP contribution in [0.15, 0.2) is 12.1 Å². The molecule has 0 spiro atoms. The number of nitrogens with one attached hydrogen (secondary N) is 1. The van der Waals surface area contributed by atoms with E-state index < -0.39 is 0 Å². The summed E-state index contributed by atoms with van der Waals surface area (Å²) in [5.41, 5.74) is 3.71. The van der Waals surface area contributed by atoms with E-state index in [4.69, 9.17) is 9.47 Å². The molecular formula is C18H31NO2. The molecule has 120 valence electrons. The van der Waals surface area contributed by atoms with E-state index in [0.717, 1.165) is 18.8 Å². The molecule has 0 aliphatic heterocycles. The van der Waals surface area contributed by atoms with Gasteiger partial charge in [-0.1, -0.05) is 26.0 Å². The van der Waals surface area contributed by atoms with Gasteiger partial charge in [0.05, 0.1) is 12.7 Å². The lowest BCUT2D eigenvalue weighted by Crippen LogP contribution is -2.19.